The normalized spacial score (nSPS) is 15.5. The average Bonchev–Trinajstić information content (AvgIpc) is 3.34. The van der Waals surface area contributed by atoms with Crippen LogP contribution in [0.1, 0.15) is 36.0 Å². The first-order valence-corrected chi connectivity index (χ1v) is 9.65. The monoisotopic (exact) mass is 375 g/mol. The molecule has 0 saturated carbocycles. The zero-order valence-electron chi connectivity index (χ0n) is 15.7. The Morgan fingerprint density at radius 1 is 1.18 bits per heavy atom. The Hall–Kier alpha value is -3.15. The van der Waals surface area contributed by atoms with E-state index in [1.165, 1.54) is 0 Å². The summed E-state index contributed by atoms with van der Waals surface area (Å²) in [5, 5.41) is 7.20. The van der Waals surface area contributed by atoms with Crippen LogP contribution in [0.25, 0.3) is 21.7 Å². The SMILES string of the molecule is Cc1noc(C2CCN(C(=O)Cc3coc4ccc5ccccc5c34)CC2)n1. The number of fused-ring (bicyclic) bond motifs is 3. The van der Waals surface area contributed by atoms with Gasteiger partial charge in [-0.25, -0.2) is 0 Å². The molecule has 3 heterocycles. The molecule has 1 aliphatic rings. The fourth-order valence-corrected chi connectivity index (χ4v) is 4.13. The van der Waals surface area contributed by atoms with Crippen molar-refractivity contribution >= 4 is 27.6 Å². The minimum absolute atomic E-state index is 0.135. The van der Waals surface area contributed by atoms with Crippen LogP contribution in [0.2, 0.25) is 0 Å². The van der Waals surface area contributed by atoms with Crippen LogP contribution in [0.4, 0.5) is 0 Å². The van der Waals surface area contributed by atoms with Crippen molar-refractivity contribution in [1.82, 2.24) is 15.0 Å². The fourth-order valence-electron chi connectivity index (χ4n) is 4.13. The van der Waals surface area contributed by atoms with Crippen LogP contribution in [0.3, 0.4) is 0 Å². The molecule has 0 bridgehead atoms. The van der Waals surface area contributed by atoms with Gasteiger partial charge in [0.1, 0.15) is 5.58 Å². The Bertz CT molecular complexity index is 1150. The van der Waals surface area contributed by atoms with Crippen molar-refractivity contribution in [2.75, 3.05) is 13.1 Å². The molecule has 1 amide bonds. The average molecular weight is 375 g/mol. The summed E-state index contributed by atoms with van der Waals surface area (Å²) in [4.78, 5) is 19.2. The number of rotatable bonds is 3. The summed E-state index contributed by atoms with van der Waals surface area (Å²) in [7, 11) is 0. The number of benzene rings is 2. The van der Waals surface area contributed by atoms with Crippen LogP contribution in [0, 0.1) is 6.92 Å². The van der Waals surface area contributed by atoms with Crippen LogP contribution >= 0.6 is 0 Å². The molecule has 4 aromatic rings. The van der Waals surface area contributed by atoms with Gasteiger partial charge in [0, 0.05) is 30.0 Å². The third-order valence-electron chi connectivity index (χ3n) is 5.62. The molecule has 0 radical (unpaired) electrons. The van der Waals surface area contributed by atoms with E-state index in [4.69, 9.17) is 8.94 Å². The molecular formula is C22H21N3O3. The van der Waals surface area contributed by atoms with Gasteiger partial charge in [-0.15, -0.1) is 0 Å². The Morgan fingerprint density at radius 2 is 2.00 bits per heavy atom. The molecule has 2 aromatic carbocycles. The lowest BCUT2D eigenvalue weighted by Gasteiger charge is -2.30. The fraction of sp³-hybridized carbons (Fsp3) is 0.318. The molecule has 1 aliphatic heterocycles. The van der Waals surface area contributed by atoms with E-state index < -0.39 is 0 Å². The van der Waals surface area contributed by atoms with Crippen LogP contribution in [-0.4, -0.2) is 34.0 Å². The van der Waals surface area contributed by atoms with E-state index in [9.17, 15) is 4.79 Å². The quantitative estimate of drug-likeness (QED) is 0.536. The van der Waals surface area contributed by atoms with Gasteiger partial charge in [-0.1, -0.05) is 35.5 Å². The van der Waals surface area contributed by atoms with Crippen molar-refractivity contribution in [1.29, 1.82) is 0 Å². The molecule has 1 saturated heterocycles. The van der Waals surface area contributed by atoms with E-state index >= 15 is 0 Å². The molecule has 0 atom stereocenters. The number of carbonyl (C=O) groups excluding carboxylic acids is 1. The first-order chi connectivity index (χ1) is 13.7. The number of amides is 1. The summed E-state index contributed by atoms with van der Waals surface area (Å²) in [5.74, 6) is 1.73. The maximum Gasteiger partial charge on any atom is 0.229 e. The largest absolute Gasteiger partial charge is 0.464 e. The molecule has 0 spiro atoms. The number of piperidine rings is 1. The smallest absolute Gasteiger partial charge is 0.229 e. The van der Waals surface area contributed by atoms with Gasteiger partial charge in [-0.2, -0.15) is 4.98 Å². The molecule has 2 aromatic heterocycles. The Labute approximate surface area is 162 Å². The lowest BCUT2D eigenvalue weighted by atomic mass is 9.96. The van der Waals surface area contributed by atoms with E-state index in [-0.39, 0.29) is 11.8 Å². The van der Waals surface area contributed by atoms with Crippen LogP contribution < -0.4 is 0 Å². The summed E-state index contributed by atoms with van der Waals surface area (Å²) >= 11 is 0. The first-order valence-electron chi connectivity index (χ1n) is 9.65. The number of aromatic nitrogens is 2. The molecular weight excluding hydrogens is 354 g/mol. The molecule has 0 unspecified atom stereocenters. The van der Waals surface area contributed by atoms with Crippen LogP contribution in [0.15, 0.2) is 51.6 Å². The van der Waals surface area contributed by atoms with Gasteiger partial charge in [-0.05, 0) is 36.6 Å². The topological polar surface area (TPSA) is 72.4 Å². The van der Waals surface area contributed by atoms with Gasteiger partial charge in [0.15, 0.2) is 5.82 Å². The van der Waals surface area contributed by atoms with E-state index in [0.29, 0.717) is 31.2 Å². The van der Waals surface area contributed by atoms with Crippen molar-refractivity contribution in [2.45, 2.75) is 32.1 Å². The van der Waals surface area contributed by atoms with Crippen molar-refractivity contribution in [2.24, 2.45) is 0 Å². The number of aryl methyl sites for hydroxylation is 1. The second kappa shape index (κ2) is 6.78. The summed E-state index contributed by atoms with van der Waals surface area (Å²) in [6.45, 7) is 3.24. The molecule has 1 fully saturated rings. The molecule has 142 valence electrons. The van der Waals surface area contributed by atoms with Gasteiger partial charge >= 0.3 is 0 Å². The molecule has 6 heteroatoms. The Morgan fingerprint density at radius 3 is 2.79 bits per heavy atom. The number of hydrogen-bond acceptors (Lipinski definition) is 5. The molecule has 5 rings (SSSR count). The predicted molar refractivity (Wildman–Crippen MR) is 105 cm³/mol. The highest BCUT2D eigenvalue weighted by atomic mass is 16.5. The summed E-state index contributed by atoms with van der Waals surface area (Å²) in [6, 6.07) is 12.2. The van der Waals surface area contributed by atoms with Gasteiger partial charge in [-0.3, -0.25) is 4.79 Å². The highest BCUT2D eigenvalue weighted by molar-refractivity contribution is 6.08. The second-order valence-corrected chi connectivity index (χ2v) is 7.43. The third kappa shape index (κ3) is 2.95. The van der Waals surface area contributed by atoms with Crippen molar-refractivity contribution in [3.63, 3.8) is 0 Å². The zero-order chi connectivity index (χ0) is 19.1. The minimum Gasteiger partial charge on any atom is -0.464 e. The maximum atomic E-state index is 12.9. The zero-order valence-corrected chi connectivity index (χ0v) is 15.7. The summed E-state index contributed by atoms with van der Waals surface area (Å²) in [6.07, 6.45) is 3.78. The third-order valence-corrected chi connectivity index (χ3v) is 5.62. The number of nitrogens with zero attached hydrogens (tertiary/aromatic N) is 3. The number of likely N-dealkylation sites (tertiary alicyclic amines) is 1. The van der Waals surface area contributed by atoms with E-state index in [2.05, 4.69) is 28.3 Å². The van der Waals surface area contributed by atoms with Crippen molar-refractivity contribution in [3.8, 4) is 0 Å². The van der Waals surface area contributed by atoms with Gasteiger partial charge in [0.05, 0.1) is 12.7 Å². The highest BCUT2D eigenvalue weighted by Gasteiger charge is 2.27. The minimum atomic E-state index is 0.135. The highest BCUT2D eigenvalue weighted by Crippen LogP contribution is 2.31. The van der Waals surface area contributed by atoms with E-state index in [1.807, 2.05) is 30.0 Å². The summed E-state index contributed by atoms with van der Waals surface area (Å²) in [5.41, 5.74) is 1.78. The number of hydrogen-bond donors (Lipinski definition) is 0. The van der Waals surface area contributed by atoms with E-state index in [0.717, 1.165) is 40.1 Å². The molecule has 28 heavy (non-hydrogen) atoms. The van der Waals surface area contributed by atoms with Gasteiger partial charge in [0.25, 0.3) is 0 Å². The summed E-state index contributed by atoms with van der Waals surface area (Å²) < 4.78 is 11.0. The molecule has 6 nitrogen and oxygen atoms in total. The lowest BCUT2D eigenvalue weighted by Crippen LogP contribution is -2.38. The van der Waals surface area contributed by atoms with Crippen molar-refractivity contribution < 1.29 is 13.7 Å². The van der Waals surface area contributed by atoms with E-state index in [1.54, 1.807) is 6.26 Å². The maximum absolute atomic E-state index is 12.9. The van der Waals surface area contributed by atoms with Crippen LogP contribution in [0.5, 0.6) is 0 Å². The Kier molecular flexibility index (Phi) is 4.11. The number of carbonyl (C=O) groups is 1. The van der Waals surface area contributed by atoms with Crippen molar-refractivity contribution in [3.05, 3.63) is 59.9 Å². The predicted octanol–water partition coefficient (Wildman–Crippen LogP) is 4.23. The second-order valence-electron chi connectivity index (χ2n) is 7.43. The Balaban J connectivity index is 1.33. The molecule has 0 aliphatic carbocycles. The molecule has 0 N–H and O–H groups in total. The standard InChI is InChI=1S/C22H21N3O3/c1-14-23-22(28-24-14)16-8-10-25(11-9-16)20(26)12-17-13-27-19-7-6-15-4-2-3-5-18(15)21(17)19/h2-7,13,16H,8-12H2,1H3. The lowest BCUT2D eigenvalue weighted by molar-refractivity contribution is -0.131. The van der Waals surface area contributed by atoms with Gasteiger partial charge < -0.3 is 13.8 Å². The van der Waals surface area contributed by atoms with Gasteiger partial charge in [0.2, 0.25) is 11.8 Å². The first kappa shape index (κ1) is 17.0. The van der Waals surface area contributed by atoms with Crippen LogP contribution in [-0.2, 0) is 11.2 Å². The number of furan rings is 1.